The predicted octanol–water partition coefficient (Wildman–Crippen LogP) is 4.39. The number of rotatable bonds is 1. The second-order valence-electron chi connectivity index (χ2n) is 10.4. The van der Waals surface area contributed by atoms with E-state index in [1.54, 1.807) is 31.2 Å². The highest BCUT2D eigenvalue weighted by molar-refractivity contribution is 5.91. The van der Waals surface area contributed by atoms with E-state index in [1.807, 2.05) is 30.8 Å². The normalized spacial score (nSPS) is 16.8. The van der Waals surface area contributed by atoms with Gasteiger partial charge >= 0.3 is 6.09 Å². The van der Waals surface area contributed by atoms with Gasteiger partial charge < -0.3 is 18.8 Å². The summed E-state index contributed by atoms with van der Waals surface area (Å²) in [5.41, 5.74) is 2.30. The fourth-order valence-corrected chi connectivity index (χ4v) is 5.00. The SMILES string of the molecule is Cc1cn(C)c(-c2cc3c(n4cnnc24)N(C(=O)OC(C)(C)C)Cc2c(F)ccc4c2[C@H](CO4)CO3)n1. The molecular weight excluding hydrogens is 479 g/mol. The fraction of sp³-hybridized carbons (Fsp3) is 0.385. The van der Waals surface area contributed by atoms with Gasteiger partial charge in [0, 0.05) is 24.4 Å². The Bertz CT molecular complexity index is 1550. The van der Waals surface area contributed by atoms with Crippen LogP contribution in [0, 0.1) is 12.7 Å². The molecule has 1 atom stereocenters. The number of carbonyl (C=O) groups excluding carboxylic acids is 1. The summed E-state index contributed by atoms with van der Waals surface area (Å²) in [6, 6.07) is 4.79. The van der Waals surface area contributed by atoms with Crippen molar-refractivity contribution in [3.8, 4) is 22.9 Å². The van der Waals surface area contributed by atoms with E-state index in [1.165, 1.54) is 17.3 Å². The number of amides is 1. The molecule has 6 rings (SSSR count). The van der Waals surface area contributed by atoms with Gasteiger partial charge in [-0.3, -0.25) is 9.30 Å². The van der Waals surface area contributed by atoms with Crippen LogP contribution >= 0.6 is 0 Å². The van der Waals surface area contributed by atoms with E-state index < -0.39 is 17.5 Å². The maximum absolute atomic E-state index is 15.3. The first kappa shape index (κ1) is 23.3. The van der Waals surface area contributed by atoms with Crippen molar-refractivity contribution in [2.24, 2.45) is 7.05 Å². The van der Waals surface area contributed by atoms with E-state index in [2.05, 4.69) is 15.2 Å². The molecule has 0 unspecified atom stereocenters. The van der Waals surface area contributed by atoms with Gasteiger partial charge in [0.25, 0.3) is 0 Å². The number of fused-ring (bicyclic) bond motifs is 3. The van der Waals surface area contributed by atoms with Crippen LogP contribution in [0.15, 0.2) is 30.7 Å². The first-order valence-electron chi connectivity index (χ1n) is 12.0. The van der Waals surface area contributed by atoms with E-state index >= 15 is 4.39 Å². The average Bonchev–Trinajstić information content (AvgIpc) is 3.54. The Kier molecular flexibility index (Phi) is 5.15. The lowest BCUT2D eigenvalue weighted by molar-refractivity contribution is 0.0574. The van der Waals surface area contributed by atoms with Gasteiger partial charge in [-0.15, -0.1) is 10.2 Å². The number of ether oxygens (including phenoxy) is 3. The van der Waals surface area contributed by atoms with Gasteiger partial charge in [0.05, 0.1) is 36.9 Å². The zero-order valence-electron chi connectivity index (χ0n) is 21.3. The molecule has 10 nitrogen and oxygen atoms in total. The molecule has 0 N–H and O–H groups in total. The van der Waals surface area contributed by atoms with Gasteiger partial charge in [-0.05, 0) is 45.9 Å². The molecule has 2 aliphatic heterocycles. The molecule has 2 aliphatic rings. The molecule has 0 bridgehead atoms. The lowest BCUT2D eigenvalue weighted by Crippen LogP contribution is -2.38. The van der Waals surface area contributed by atoms with Crippen LogP contribution in [0.25, 0.3) is 17.0 Å². The Labute approximate surface area is 212 Å². The van der Waals surface area contributed by atoms with Gasteiger partial charge in [-0.2, -0.15) is 0 Å². The largest absolute Gasteiger partial charge is 0.493 e. The summed E-state index contributed by atoms with van der Waals surface area (Å²) in [6.07, 6.45) is 2.77. The number of nitrogens with zero attached hydrogens (tertiary/aromatic N) is 6. The van der Waals surface area contributed by atoms with Crippen LogP contribution in [0.5, 0.6) is 11.5 Å². The van der Waals surface area contributed by atoms with Crippen molar-refractivity contribution >= 4 is 17.6 Å². The van der Waals surface area contributed by atoms with Gasteiger partial charge in [-0.1, -0.05) is 0 Å². The summed E-state index contributed by atoms with van der Waals surface area (Å²) in [5, 5.41) is 8.46. The first-order chi connectivity index (χ1) is 17.6. The second-order valence-corrected chi connectivity index (χ2v) is 10.4. The van der Waals surface area contributed by atoms with E-state index in [0.29, 0.717) is 52.1 Å². The summed E-state index contributed by atoms with van der Waals surface area (Å²) in [7, 11) is 1.90. The minimum absolute atomic E-state index is 0.0890. The lowest BCUT2D eigenvalue weighted by Gasteiger charge is -2.29. The summed E-state index contributed by atoms with van der Waals surface area (Å²) >= 11 is 0. The minimum Gasteiger partial charge on any atom is -0.493 e. The number of halogens is 1. The highest BCUT2D eigenvalue weighted by Gasteiger charge is 2.37. The monoisotopic (exact) mass is 506 g/mol. The number of hydrogen-bond acceptors (Lipinski definition) is 7. The van der Waals surface area contributed by atoms with E-state index in [4.69, 9.17) is 14.2 Å². The van der Waals surface area contributed by atoms with Crippen LogP contribution < -0.4 is 14.4 Å². The van der Waals surface area contributed by atoms with Crippen molar-refractivity contribution < 1.29 is 23.4 Å². The third-order valence-corrected chi connectivity index (χ3v) is 6.48. The van der Waals surface area contributed by atoms with Gasteiger partial charge in [0.1, 0.15) is 29.3 Å². The number of anilines is 1. The molecule has 3 aromatic heterocycles. The van der Waals surface area contributed by atoms with Gasteiger partial charge in [0.15, 0.2) is 17.2 Å². The molecule has 0 aliphatic carbocycles. The molecule has 0 radical (unpaired) electrons. The van der Waals surface area contributed by atoms with Gasteiger partial charge in [0.2, 0.25) is 0 Å². The van der Waals surface area contributed by atoms with Crippen molar-refractivity contribution in [3.05, 3.63) is 53.4 Å². The van der Waals surface area contributed by atoms with Crippen molar-refractivity contribution in [2.75, 3.05) is 18.1 Å². The molecular formula is C26H27FN6O4. The number of hydrogen-bond donors (Lipinski definition) is 0. The van der Waals surface area contributed by atoms with Crippen molar-refractivity contribution in [1.29, 1.82) is 0 Å². The number of carbonyl (C=O) groups is 1. The minimum atomic E-state index is -0.782. The Morgan fingerprint density at radius 2 is 1.95 bits per heavy atom. The number of benzene rings is 1. The molecule has 11 heteroatoms. The molecule has 4 aromatic rings. The zero-order chi connectivity index (χ0) is 26.1. The maximum atomic E-state index is 15.3. The van der Waals surface area contributed by atoms with Crippen LogP contribution in [0.1, 0.15) is 43.5 Å². The molecule has 37 heavy (non-hydrogen) atoms. The Hall–Kier alpha value is -4.15. The highest BCUT2D eigenvalue weighted by Crippen LogP contribution is 2.43. The summed E-state index contributed by atoms with van der Waals surface area (Å²) < 4.78 is 36.9. The molecule has 0 spiro atoms. The average molecular weight is 507 g/mol. The molecule has 1 aromatic carbocycles. The molecule has 0 saturated heterocycles. The van der Waals surface area contributed by atoms with Crippen molar-refractivity contribution in [1.82, 2.24) is 24.1 Å². The second kappa shape index (κ2) is 8.19. The fourth-order valence-electron chi connectivity index (χ4n) is 5.00. The zero-order valence-corrected chi connectivity index (χ0v) is 21.3. The quantitative estimate of drug-likeness (QED) is 0.378. The lowest BCUT2D eigenvalue weighted by atomic mass is 9.95. The van der Waals surface area contributed by atoms with E-state index in [-0.39, 0.29) is 19.1 Å². The number of aromatic nitrogens is 5. The Morgan fingerprint density at radius 1 is 1.19 bits per heavy atom. The number of aryl methyl sites for hydroxylation is 2. The standard InChI is InChI=1S/C26H27FN6O4/c1-14-9-31(5)22(29-14)16-8-20-24(33-13-28-30-23(16)33)32(25(34)37-26(2,3)4)10-17-18(27)6-7-19-21(17)15(11-35-19)12-36-20/h6-9,13,15H,10-12H2,1-5H3/t15-/m1/s1. The van der Waals surface area contributed by atoms with Crippen LogP contribution in [-0.4, -0.2) is 49.1 Å². The van der Waals surface area contributed by atoms with Crippen LogP contribution in [0.3, 0.4) is 0 Å². The number of imidazole rings is 1. The number of pyridine rings is 1. The summed E-state index contributed by atoms with van der Waals surface area (Å²) in [5.74, 6) is 1.39. The Balaban J connectivity index is 1.61. The third-order valence-electron chi connectivity index (χ3n) is 6.48. The predicted molar refractivity (Wildman–Crippen MR) is 132 cm³/mol. The van der Waals surface area contributed by atoms with E-state index in [0.717, 1.165) is 5.69 Å². The summed E-state index contributed by atoms with van der Waals surface area (Å²) in [4.78, 5) is 19.7. The van der Waals surface area contributed by atoms with Gasteiger partial charge in [-0.25, -0.2) is 14.2 Å². The van der Waals surface area contributed by atoms with Crippen LogP contribution in [0.4, 0.5) is 15.0 Å². The molecule has 5 heterocycles. The molecule has 0 fully saturated rings. The highest BCUT2D eigenvalue weighted by atomic mass is 19.1. The van der Waals surface area contributed by atoms with Crippen LogP contribution in [0.2, 0.25) is 0 Å². The van der Waals surface area contributed by atoms with Crippen molar-refractivity contribution in [2.45, 2.75) is 45.8 Å². The van der Waals surface area contributed by atoms with Crippen LogP contribution in [-0.2, 0) is 18.3 Å². The molecule has 1 amide bonds. The Morgan fingerprint density at radius 3 is 2.65 bits per heavy atom. The molecule has 0 saturated carbocycles. The molecule has 192 valence electrons. The third kappa shape index (κ3) is 3.85. The first-order valence-corrected chi connectivity index (χ1v) is 12.0. The topological polar surface area (TPSA) is 96.0 Å². The maximum Gasteiger partial charge on any atom is 0.416 e. The smallest absolute Gasteiger partial charge is 0.416 e. The van der Waals surface area contributed by atoms with E-state index in [9.17, 15) is 4.79 Å². The van der Waals surface area contributed by atoms with Crippen molar-refractivity contribution in [3.63, 3.8) is 0 Å². The summed E-state index contributed by atoms with van der Waals surface area (Å²) in [6.45, 7) is 7.75.